The van der Waals surface area contributed by atoms with E-state index in [0.29, 0.717) is 5.69 Å². The number of nitrogens with zero attached hydrogens (tertiary/aromatic N) is 1. The van der Waals surface area contributed by atoms with Gasteiger partial charge in [0.2, 0.25) is 10.0 Å². The number of nitrogens with two attached hydrogens (primary N) is 1. The number of hydrogen-bond acceptors (Lipinski definition) is 5. The van der Waals surface area contributed by atoms with Crippen LogP contribution in [0.1, 0.15) is 0 Å². The highest BCUT2D eigenvalue weighted by atomic mass is 32.2. The van der Waals surface area contributed by atoms with Crippen LogP contribution in [-0.2, 0) is 10.0 Å². The fourth-order valence-corrected chi connectivity index (χ4v) is 2.48. The number of benzene rings is 1. The summed E-state index contributed by atoms with van der Waals surface area (Å²) in [5.41, 5.74) is 0.515. The Bertz CT molecular complexity index is 498. The average Bonchev–Trinajstić information content (AvgIpc) is 2.69. The molecule has 2 rings (SSSR count). The van der Waals surface area contributed by atoms with Crippen molar-refractivity contribution in [1.82, 2.24) is 4.83 Å². The minimum Gasteiger partial charge on any atom is -0.272 e. The van der Waals surface area contributed by atoms with E-state index in [9.17, 15) is 8.42 Å². The lowest BCUT2D eigenvalue weighted by Crippen LogP contribution is -2.26. The van der Waals surface area contributed by atoms with Crippen LogP contribution in [0.2, 0.25) is 0 Å². The lowest BCUT2D eigenvalue weighted by molar-refractivity contribution is 0.597. The van der Waals surface area contributed by atoms with Gasteiger partial charge in [0.25, 0.3) is 0 Å². The number of nitrogens with one attached hydrogen (secondary N) is 1. The zero-order chi connectivity index (χ0) is 10.9. The van der Waals surface area contributed by atoms with Gasteiger partial charge in [0.05, 0.1) is 5.69 Å². The van der Waals surface area contributed by atoms with Gasteiger partial charge in [0.1, 0.15) is 4.90 Å². The molecule has 1 aliphatic rings. The van der Waals surface area contributed by atoms with E-state index in [1.807, 2.05) is 0 Å². The summed E-state index contributed by atoms with van der Waals surface area (Å²) in [6.07, 6.45) is 1.73. The molecule has 0 atom stereocenters. The molecule has 3 N–H and O–H groups in total. The predicted octanol–water partition coefficient (Wildman–Crippen LogP) is 0.778. The number of para-hydroxylation sites is 1. The molecule has 1 aromatic rings. The Morgan fingerprint density at radius 3 is 2.67 bits per heavy atom. The van der Waals surface area contributed by atoms with Crippen LogP contribution in [0, 0.1) is 0 Å². The molecule has 0 radical (unpaired) electrons. The molecule has 0 aromatic heterocycles. The van der Waals surface area contributed by atoms with E-state index in [1.54, 1.807) is 34.8 Å². The second kappa shape index (κ2) is 3.86. The summed E-state index contributed by atoms with van der Waals surface area (Å²) >= 11 is 1.36. The molecule has 5 nitrogen and oxygen atoms in total. The Morgan fingerprint density at radius 1 is 1.33 bits per heavy atom. The molecule has 0 bridgehead atoms. The lowest BCUT2D eigenvalue weighted by Gasteiger charge is -2.17. The van der Waals surface area contributed by atoms with Gasteiger partial charge in [-0.1, -0.05) is 12.1 Å². The van der Waals surface area contributed by atoms with Crippen molar-refractivity contribution in [1.29, 1.82) is 0 Å². The summed E-state index contributed by atoms with van der Waals surface area (Å²) in [6, 6.07) is 6.55. The molecule has 0 spiro atoms. The third-order valence-electron chi connectivity index (χ3n) is 1.86. The van der Waals surface area contributed by atoms with E-state index >= 15 is 0 Å². The molecule has 0 amide bonds. The quantitative estimate of drug-likeness (QED) is 0.751. The fraction of sp³-hybridized carbons (Fsp3) is 0. The molecule has 15 heavy (non-hydrogen) atoms. The molecule has 0 fully saturated rings. The number of hydrazine groups is 1. The Balaban J connectivity index is 2.51. The lowest BCUT2D eigenvalue weighted by atomic mass is 10.3. The van der Waals surface area contributed by atoms with Crippen molar-refractivity contribution in [3.8, 4) is 0 Å². The van der Waals surface area contributed by atoms with Crippen molar-refractivity contribution < 1.29 is 8.42 Å². The molecule has 0 saturated carbocycles. The molecule has 7 heteroatoms. The standard InChI is InChI=1S/C8H9N3O2S2/c9-15(12,13)8-4-2-1-3-7(8)11-5-6-14-10-11/h1-6,10H,(H2,9,12,13). The SMILES string of the molecule is NS(=O)(=O)c1ccccc1N1C=CSN1. The maximum absolute atomic E-state index is 11.3. The van der Waals surface area contributed by atoms with Crippen LogP contribution in [-0.4, -0.2) is 8.42 Å². The van der Waals surface area contributed by atoms with E-state index < -0.39 is 10.0 Å². The van der Waals surface area contributed by atoms with Crippen LogP contribution < -0.4 is 15.0 Å². The van der Waals surface area contributed by atoms with Crippen molar-refractivity contribution in [3.63, 3.8) is 0 Å². The van der Waals surface area contributed by atoms with Gasteiger partial charge in [-0.05, 0) is 24.1 Å². The number of rotatable bonds is 2. The van der Waals surface area contributed by atoms with Gasteiger partial charge < -0.3 is 0 Å². The fourth-order valence-electron chi connectivity index (χ4n) is 1.24. The van der Waals surface area contributed by atoms with E-state index in [1.165, 1.54) is 18.0 Å². The molecule has 1 aliphatic heterocycles. The van der Waals surface area contributed by atoms with Crippen LogP contribution in [0.15, 0.2) is 40.8 Å². The summed E-state index contributed by atoms with van der Waals surface area (Å²) in [5.74, 6) is 0. The smallest absolute Gasteiger partial charge is 0.240 e. The maximum atomic E-state index is 11.3. The van der Waals surface area contributed by atoms with Gasteiger partial charge >= 0.3 is 0 Å². The zero-order valence-corrected chi connectivity index (χ0v) is 9.25. The van der Waals surface area contributed by atoms with E-state index in [0.717, 1.165) is 0 Å². The van der Waals surface area contributed by atoms with Crippen LogP contribution in [0.5, 0.6) is 0 Å². The van der Waals surface area contributed by atoms with Crippen LogP contribution >= 0.6 is 11.9 Å². The molecule has 1 heterocycles. The number of sulfonamides is 1. The Hall–Kier alpha value is -1.02. The highest BCUT2D eigenvalue weighted by molar-refractivity contribution is 8.00. The predicted molar refractivity (Wildman–Crippen MR) is 60.2 cm³/mol. The van der Waals surface area contributed by atoms with E-state index in [4.69, 9.17) is 5.14 Å². The van der Waals surface area contributed by atoms with Gasteiger partial charge in [-0.25, -0.2) is 13.6 Å². The van der Waals surface area contributed by atoms with Crippen molar-refractivity contribution in [2.75, 3.05) is 5.01 Å². The highest BCUT2D eigenvalue weighted by Crippen LogP contribution is 2.26. The van der Waals surface area contributed by atoms with Crippen molar-refractivity contribution in [3.05, 3.63) is 35.9 Å². The molecular formula is C8H9N3O2S2. The molecule has 0 saturated heterocycles. The first-order valence-electron chi connectivity index (χ1n) is 4.08. The minimum absolute atomic E-state index is 0.102. The van der Waals surface area contributed by atoms with Crippen molar-refractivity contribution in [2.45, 2.75) is 4.90 Å². The Kier molecular flexibility index (Phi) is 2.70. The van der Waals surface area contributed by atoms with Gasteiger partial charge in [-0.15, -0.1) is 0 Å². The maximum Gasteiger partial charge on any atom is 0.240 e. The van der Waals surface area contributed by atoms with Crippen molar-refractivity contribution in [2.24, 2.45) is 5.14 Å². The van der Waals surface area contributed by atoms with Gasteiger partial charge in [-0.3, -0.25) is 5.01 Å². The molecule has 1 aromatic carbocycles. The summed E-state index contributed by atoms with van der Waals surface area (Å²) < 4.78 is 22.6. The number of anilines is 1. The summed E-state index contributed by atoms with van der Waals surface area (Å²) in [7, 11) is -3.70. The van der Waals surface area contributed by atoms with E-state index in [2.05, 4.69) is 4.83 Å². The summed E-state index contributed by atoms with van der Waals surface area (Å²) in [6.45, 7) is 0. The minimum atomic E-state index is -3.70. The Labute approximate surface area is 92.1 Å². The molecular weight excluding hydrogens is 234 g/mol. The van der Waals surface area contributed by atoms with Gasteiger partial charge in [0, 0.05) is 11.6 Å². The highest BCUT2D eigenvalue weighted by Gasteiger charge is 2.18. The summed E-state index contributed by atoms with van der Waals surface area (Å²) in [4.78, 5) is 3.01. The largest absolute Gasteiger partial charge is 0.272 e. The van der Waals surface area contributed by atoms with E-state index in [-0.39, 0.29) is 4.90 Å². The molecule has 80 valence electrons. The summed E-state index contributed by atoms with van der Waals surface area (Å²) in [5, 5.41) is 8.52. The van der Waals surface area contributed by atoms with Crippen LogP contribution in [0.4, 0.5) is 5.69 Å². The van der Waals surface area contributed by atoms with Crippen molar-refractivity contribution >= 4 is 27.7 Å². The second-order valence-electron chi connectivity index (χ2n) is 2.88. The number of hydrogen-bond donors (Lipinski definition) is 2. The first-order valence-corrected chi connectivity index (χ1v) is 6.51. The topological polar surface area (TPSA) is 75.4 Å². The molecule has 0 aliphatic carbocycles. The zero-order valence-electron chi connectivity index (χ0n) is 7.62. The average molecular weight is 243 g/mol. The monoisotopic (exact) mass is 243 g/mol. The Morgan fingerprint density at radius 2 is 2.07 bits per heavy atom. The first-order chi connectivity index (χ1) is 7.09. The first kappa shape index (κ1) is 10.5. The third kappa shape index (κ3) is 2.15. The van der Waals surface area contributed by atoms with Crippen LogP contribution in [0.25, 0.3) is 0 Å². The van der Waals surface area contributed by atoms with Gasteiger partial charge in [0.15, 0.2) is 0 Å². The van der Waals surface area contributed by atoms with Crippen LogP contribution in [0.3, 0.4) is 0 Å². The number of primary sulfonamides is 1. The third-order valence-corrected chi connectivity index (χ3v) is 3.38. The second-order valence-corrected chi connectivity index (χ2v) is 5.10. The normalized spacial score (nSPS) is 15.9. The molecule has 0 unspecified atom stereocenters. The van der Waals surface area contributed by atoms with Gasteiger partial charge in [-0.2, -0.15) is 4.83 Å².